The fraction of sp³-hybridized carbons (Fsp3) is 0.600. The van der Waals surface area contributed by atoms with E-state index in [0.29, 0.717) is 18.0 Å². The van der Waals surface area contributed by atoms with Gasteiger partial charge in [-0.25, -0.2) is 9.78 Å². The molecule has 3 N–H and O–H groups in total. The number of carbonyl (C=O) groups is 3. The van der Waals surface area contributed by atoms with Crippen molar-refractivity contribution in [3.8, 4) is 0 Å². The summed E-state index contributed by atoms with van der Waals surface area (Å²) in [7, 11) is 0. The number of para-hydroxylation sites is 1. The summed E-state index contributed by atoms with van der Waals surface area (Å²) in [4.78, 5) is 44.6. The molecular formula is C25H36N4O5S. The van der Waals surface area contributed by atoms with Crippen molar-refractivity contribution in [1.82, 2.24) is 20.5 Å². The maximum Gasteiger partial charge on any atom is 0.408 e. The van der Waals surface area contributed by atoms with Crippen molar-refractivity contribution in [2.75, 3.05) is 6.54 Å². The van der Waals surface area contributed by atoms with E-state index >= 15 is 0 Å². The Morgan fingerprint density at radius 2 is 1.86 bits per heavy atom. The van der Waals surface area contributed by atoms with Gasteiger partial charge in [-0.15, -0.1) is 11.3 Å². The minimum Gasteiger partial charge on any atom is -0.444 e. The third kappa shape index (κ3) is 6.70. The molecule has 1 saturated heterocycles. The topological polar surface area (TPSA) is 121 Å². The molecule has 10 heteroatoms. The van der Waals surface area contributed by atoms with Crippen LogP contribution in [-0.4, -0.2) is 63.2 Å². The first-order valence-electron chi connectivity index (χ1n) is 12.0. The lowest BCUT2D eigenvalue weighted by Gasteiger charge is -2.33. The van der Waals surface area contributed by atoms with Gasteiger partial charge in [-0.1, -0.05) is 26.0 Å². The van der Waals surface area contributed by atoms with Crippen LogP contribution < -0.4 is 10.6 Å². The van der Waals surface area contributed by atoms with E-state index in [0.717, 1.165) is 16.6 Å². The SMILES string of the molecule is CC(C)[C@H](NC(=O)[C@H](C)NC(=O)OC(C)(C)C)C(=O)N1CCC[C@H]1C(O)c1nc2ccccc2s1. The van der Waals surface area contributed by atoms with Crippen molar-refractivity contribution in [2.45, 2.75) is 84.2 Å². The molecule has 1 unspecified atom stereocenters. The number of aliphatic hydroxyl groups excluding tert-OH is 1. The van der Waals surface area contributed by atoms with Gasteiger partial charge in [0, 0.05) is 6.54 Å². The molecule has 1 aliphatic heterocycles. The number of aromatic nitrogens is 1. The van der Waals surface area contributed by atoms with Gasteiger partial charge in [0.05, 0.1) is 16.3 Å². The largest absolute Gasteiger partial charge is 0.444 e. The number of hydrogen-bond donors (Lipinski definition) is 3. The highest BCUT2D eigenvalue weighted by Crippen LogP contribution is 2.34. The van der Waals surface area contributed by atoms with Crippen LogP contribution in [0.3, 0.4) is 0 Å². The lowest BCUT2D eigenvalue weighted by atomic mass is 10.0. The third-order valence-electron chi connectivity index (χ3n) is 5.87. The minimum atomic E-state index is -0.907. The Morgan fingerprint density at radius 3 is 2.49 bits per heavy atom. The number of hydrogen-bond acceptors (Lipinski definition) is 7. The highest BCUT2D eigenvalue weighted by atomic mass is 32.1. The van der Waals surface area contributed by atoms with E-state index in [1.807, 2.05) is 38.1 Å². The summed E-state index contributed by atoms with van der Waals surface area (Å²) >= 11 is 1.42. The summed E-state index contributed by atoms with van der Waals surface area (Å²) in [6.45, 7) is 10.9. The molecular weight excluding hydrogens is 468 g/mol. The predicted octanol–water partition coefficient (Wildman–Crippen LogP) is 3.37. The Bertz CT molecular complexity index is 1030. The van der Waals surface area contributed by atoms with Crippen LogP contribution in [0.15, 0.2) is 24.3 Å². The second kappa shape index (κ2) is 10.9. The van der Waals surface area contributed by atoms with Gasteiger partial charge < -0.3 is 25.4 Å². The number of rotatable bonds is 7. The first kappa shape index (κ1) is 26.9. The molecule has 0 spiro atoms. The molecule has 0 saturated carbocycles. The maximum atomic E-state index is 13.5. The number of aliphatic hydroxyl groups is 1. The molecule has 0 bridgehead atoms. The number of carbonyl (C=O) groups excluding carboxylic acids is 3. The van der Waals surface area contributed by atoms with Crippen LogP contribution in [0.4, 0.5) is 4.79 Å². The van der Waals surface area contributed by atoms with Crippen LogP contribution in [0.5, 0.6) is 0 Å². The van der Waals surface area contributed by atoms with Gasteiger partial charge in [-0.2, -0.15) is 0 Å². The molecule has 35 heavy (non-hydrogen) atoms. The predicted molar refractivity (Wildman–Crippen MR) is 135 cm³/mol. The van der Waals surface area contributed by atoms with E-state index in [-0.39, 0.29) is 11.8 Å². The van der Waals surface area contributed by atoms with E-state index in [4.69, 9.17) is 4.74 Å². The molecule has 1 aliphatic rings. The molecule has 2 heterocycles. The zero-order valence-electron chi connectivity index (χ0n) is 21.2. The van der Waals surface area contributed by atoms with E-state index in [9.17, 15) is 19.5 Å². The smallest absolute Gasteiger partial charge is 0.408 e. The monoisotopic (exact) mass is 504 g/mol. The summed E-state index contributed by atoms with van der Waals surface area (Å²) < 4.78 is 6.19. The van der Waals surface area contributed by atoms with Crippen molar-refractivity contribution >= 4 is 39.5 Å². The van der Waals surface area contributed by atoms with Crippen LogP contribution in [0.25, 0.3) is 10.2 Å². The second-order valence-corrected chi connectivity index (χ2v) is 11.4. The number of likely N-dealkylation sites (tertiary alicyclic amines) is 1. The molecule has 2 aromatic rings. The van der Waals surface area contributed by atoms with E-state index in [1.54, 1.807) is 25.7 Å². The number of alkyl carbamates (subject to hydrolysis) is 1. The molecule has 1 aromatic carbocycles. The Kier molecular flexibility index (Phi) is 8.38. The summed E-state index contributed by atoms with van der Waals surface area (Å²) in [5, 5.41) is 17.0. The summed E-state index contributed by atoms with van der Waals surface area (Å²) in [5.74, 6) is -0.924. The van der Waals surface area contributed by atoms with Gasteiger partial charge in [-0.3, -0.25) is 9.59 Å². The van der Waals surface area contributed by atoms with E-state index in [1.165, 1.54) is 18.3 Å². The summed E-state index contributed by atoms with van der Waals surface area (Å²) in [6.07, 6.45) is -0.201. The van der Waals surface area contributed by atoms with Crippen LogP contribution in [0.2, 0.25) is 0 Å². The third-order valence-corrected chi connectivity index (χ3v) is 6.97. The van der Waals surface area contributed by atoms with Crippen molar-refractivity contribution < 1.29 is 24.2 Å². The van der Waals surface area contributed by atoms with Crippen LogP contribution in [0.1, 0.15) is 65.5 Å². The zero-order chi connectivity index (χ0) is 25.9. The molecule has 3 amide bonds. The fourth-order valence-electron chi connectivity index (χ4n) is 4.10. The maximum absolute atomic E-state index is 13.5. The first-order valence-corrected chi connectivity index (χ1v) is 12.8. The van der Waals surface area contributed by atoms with Crippen molar-refractivity contribution in [2.24, 2.45) is 5.92 Å². The Labute approximate surface area is 210 Å². The number of nitrogens with one attached hydrogen (secondary N) is 2. The molecule has 0 radical (unpaired) electrons. The molecule has 0 aliphatic carbocycles. The molecule has 1 fully saturated rings. The van der Waals surface area contributed by atoms with Gasteiger partial charge in [0.15, 0.2) is 0 Å². The molecule has 192 valence electrons. The van der Waals surface area contributed by atoms with Gasteiger partial charge in [-0.05, 0) is 58.6 Å². The first-order chi connectivity index (χ1) is 16.4. The Hall–Kier alpha value is -2.72. The quantitative estimate of drug-likeness (QED) is 0.532. The number of benzene rings is 1. The van der Waals surface area contributed by atoms with Crippen molar-refractivity contribution in [3.05, 3.63) is 29.3 Å². The highest BCUT2D eigenvalue weighted by Gasteiger charge is 2.40. The van der Waals surface area contributed by atoms with E-state index in [2.05, 4.69) is 15.6 Å². The minimum absolute atomic E-state index is 0.193. The number of fused-ring (bicyclic) bond motifs is 1. The van der Waals surface area contributed by atoms with Crippen LogP contribution in [-0.2, 0) is 14.3 Å². The molecule has 9 nitrogen and oxygen atoms in total. The summed E-state index contributed by atoms with van der Waals surface area (Å²) in [6, 6.07) is 5.58. The Morgan fingerprint density at radius 1 is 1.17 bits per heavy atom. The average Bonchev–Trinajstić information content (AvgIpc) is 3.41. The van der Waals surface area contributed by atoms with Crippen molar-refractivity contribution in [3.63, 3.8) is 0 Å². The Balaban J connectivity index is 1.69. The van der Waals surface area contributed by atoms with Gasteiger partial charge in [0.2, 0.25) is 11.8 Å². The number of amides is 3. The summed E-state index contributed by atoms with van der Waals surface area (Å²) in [5.41, 5.74) is 0.132. The highest BCUT2D eigenvalue weighted by molar-refractivity contribution is 7.18. The zero-order valence-corrected chi connectivity index (χ0v) is 22.0. The fourth-order valence-corrected chi connectivity index (χ4v) is 5.11. The lowest BCUT2D eigenvalue weighted by Crippen LogP contribution is -2.56. The standard InChI is InChI=1S/C25H36N4O5S/c1-14(2)19(28-21(31)15(3)26-24(33)34-25(4,5)6)23(32)29-13-9-11-17(29)20(30)22-27-16-10-7-8-12-18(16)35-22/h7-8,10,12,14-15,17,19-20,30H,9,11,13H2,1-6H3,(H,26,33)(H,28,31)/t15-,17-,19-,20?/m0/s1. The normalized spacial score (nSPS) is 18.9. The molecule has 3 rings (SSSR count). The molecule has 1 aromatic heterocycles. The number of nitrogens with zero attached hydrogens (tertiary/aromatic N) is 2. The van der Waals surface area contributed by atoms with Crippen molar-refractivity contribution in [1.29, 1.82) is 0 Å². The molecule has 4 atom stereocenters. The lowest BCUT2D eigenvalue weighted by molar-refractivity contribution is -0.140. The van der Waals surface area contributed by atoms with Crippen LogP contribution in [0, 0.1) is 5.92 Å². The number of thiazole rings is 1. The van der Waals surface area contributed by atoms with Crippen LogP contribution >= 0.6 is 11.3 Å². The van der Waals surface area contributed by atoms with Gasteiger partial charge in [0.25, 0.3) is 0 Å². The van der Waals surface area contributed by atoms with Gasteiger partial charge in [0.1, 0.15) is 28.8 Å². The second-order valence-electron chi connectivity index (χ2n) is 10.3. The number of ether oxygens (including phenoxy) is 1. The average molecular weight is 505 g/mol. The van der Waals surface area contributed by atoms with Gasteiger partial charge >= 0.3 is 6.09 Å². The van der Waals surface area contributed by atoms with E-state index < -0.39 is 41.8 Å².